The molecule has 1 unspecified atom stereocenters. The van der Waals surface area contributed by atoms with Gasteiger partial charge in [-0.15, -0.1) is 0 Å². The predicted molar refractivity (Wildman–Crippen MR) is 84.6 cm³/mol. The highest BCUT2D eigenvalue weighted by Gasteiger charge is 2.29. The van der Waals surface area contributed by atoms with Crippen molar-refractivity contribution in [3.63, 3.8) is 0 Å². The lowest BCUT2D eigenvalue weighted by Crippen LogP contribution is -2.41. The number of rotatable bonds is 7. The minimum Gasteiger partial charge on any atom is -0.480 e. The number of carboxylic acids is 2. The number of aliphatic carboxylic acids is 1. The molecular weight excluding hydrogens is 369 g/mol. The maximum Gasteiger partial charge on any atom is 0.337 e. The van der Waals surface area contributed by atoms with Crippen LogP contribution in [0, 0.1) is 5.92 Å². The fourth-order valence-corrected chi connectivity index (χ4v) is 3.88. The number of nitrogens with one attached hydrogen (secondary N) is 1. The van der Waals surface area contributed by atoms with Gasteiger partial charge in [0.25, 0.3) is 0 Å². The van der Waals surface area contributed by atoms with E-state index in [0.717, 1.165) is 12.1 Å². The van der Waals surface area contributed by atoms with Crippen molar-refractivity contribution < 1.29 is 28.2 Å². The molecule has 7 nitrogen and oxygen atoms in total. The van der Waals surface area contributed by atoms with Crippen LogP contribution in [0.5, 0.6) is 0 Å². The quantitative estimate of drug-likeness (QED) is 0.664. The van der Waals surface area contributed by atoms with Crippen LogP contribution in [0.25, 0.3) is 0 Å². The van der Waals surface area contributed by atoms with Crippen LogP contribution in [0.1, 0.15) is 30.6 Å². The SMILES string of the molecule is CC(C)CC(NS(=O)(=O)c1cc(C(=O)O)c(Cl)cc1Cl)C(=O)O. The van der Waals surface area contributed by atoms with E-state index >= 15 is 0 Å². The number of carboxylic acid groups (broad SMARTS) is 2. The van der Waals surface area contributed by atoms with Crippen molar-refractivity contribution in [2.24, 2.45) is 5.92 Å². The monoisotopic (exact) mass is 383 g/mol. The van der Waals surface area contributed by atoms with Crippen molar-refractivity contribution in [3.05, 3.63) is 27.7 Å². The summed E-state index contributed by atoms with van der Waals surface area (Å²) in [6, 6.07) is 0.420. The van der Waals surface area contributed by atoms with Crippen LogP contribution in [0.15, 0.2) is 17.0 Å². The highest BCUT2D eigenvalue weighted by Crippen LogP contribution is 2.29. The maximum atomic E-state index is 12.3. The molecule has 0 spiro atoms. The molecule has 0 aliphatic heterocycles. The third-order valence-corrected chi connectivity index (χ3v) is 5.09. The summed E-state index contributed by atoms with van der Waals surface area (Å²) in [7, 11) is -4.34. The molecule has 10 heteroatoms. The number of hydrogen-bond acceptors (Lipinski definition) is 4. The molecule has 0 amide bonds. The topological polar surface area (TPSA) is 121 Å². The van der Waals surface area contributed by atoms with Gasteiger partial charge in [0, 0.05) is 0 Å². The smallest absolute Gasteiger partial charge is 0.337 e. The molecule has 1 rings (SSSR count). The van der Waals surface area contributed by atoms with Gasteiger partial charge < -0.3 is 10.2 Å². The summed E-state index contributed by atoms with van der Waals surface area (Å²) in [6.45, 7) is 3.48. The first-order valence-electron chi connectivity index (χ1n) is 6.43. The normalized spacial score (nSPS) is 13.1. The van der Waals surface area contributed by atoms with Crippen molar-refractivity contribution in [1.29, 1.82) is 0 Å². The van der Waals surface area contributed by atoms with Crippen molar-refractivity contribution in [2.75, 3.05) is 0 Å². The Labute approximate surface area is 143 Å². The number of halogens is 2. The van der Waals surface area contributed by atoms with E-state index in [1.807, 2.05) is 4.72 Å². The summed E-state index contributed by atoms with van der Waals surface area (Å²) >= 11 is 11.5. The summed E-state index contributed by atoms with van der Waals surface area (Å²) in [5.41, 5.74) is -0.452. The van der Waals surface area contributed by atoms with Crippen LogP contribution in [0.2, 0.25) is 10.0 Å². The second kappa shape index (κ2) is 7.48. The number of carbonyl (C=O) groups is 2. The number of sulfonamides is 1. The van der Waals surface area contributed by atoms with E-state index < -0.39 is 38.5 Å². The van der Waals surface area contributed by atoms with Gasteiger partial charge in [-0.2, -0.15) is 4.72 Å². The van der Waals surface area contributed by atoms with E-state index in [1.165, 1.54) is 0 Å². The van der Waals surface area contributed by atoms with Gasteiger partial charge in [0.15, 0.2) is 0 Å². The molecule has 128 valence electrons. The number of aromatic carboxylic acids is 1. The van der Waals surface area contributed by atoms with Gasteiger partial charge >= 0.3 is 11.9 Å². The third-order valence-electron chi connectivity index (χ3n) is 2.84. The Kier molecular flexibility index (Phi) is 6.41. The fourth-order valence-electron chi connectivity index (χ4n) is 1.82. The van der Waals surface area contributed by atoms with E-state index in [9.17, 15) is 18.0 Å². The van der Waals surface area contributed by atoms with Crippen LogP contribution in [-0.4, -0.2) is 36.6 Å². The van der Waals surface area contributed by atoms with Crippen LogP contribution >= 0.6 is 23.2 Å². The predicted octanol–water partition coefficient (Wildman–Crippen LogP) is 2.47. The minimum absolute atomic E-state index is 0.0611. The van der Waals surface area contributed by atoms with Gasteiger partial charge in [0.05, 0.1) is 15.6 Å². The van der Waals surface area contributed by atoms with E-state index in [2.05, 4.69) is 0 Å². The Hall–Kier alpha value is -1.35. The molecule has 0 fully saturated rings. The average Bonchev–Trinajstić information content (AvgIpc) is 2.35. The van der Waals surface area contributed by atoms with Crippen LogP contribution in [-0.2, 0) is 14.8 Å². The Bertz CT molecular complexity index is 732. The molecule has 0 radical (unpaired) electrons. The van der Waals surface area contributed by atoms with Crippen molar-refractivity contribution >= 4 is 45.2 Å². The van der Waals surface area contributed by atoms with Crippen LogP contribution < -0.4 is 4.72 Å². The van der Waals surface area contributed by atoms with Gasteiger partial charge in [0.2, 0.25) is 10.0 Å². The molecule has 0 aromatic heterocycles. The van der Waals surface area contributed by atoms with E-state index in [-0.39, 0.29) is 22.4 Å². The lowest BCUT2D eigenvalue weighted by atomic mass is 10.1. The lowest BCUT2D eigenvalue weighted by Gasteiger charge is -2.17. The Balaban J connectivity index is 3.30. The van der Waals surface area contributed by atoms with Gasteiger partial charge in [0.1, 0.15) is 10.9 Å². The molecule has 1 aromatic carbocycles. The molecule has 1 aromatic rings. The van der Waals surface area contributed by atoms with Crippen molar-refractivity contribution in [3.8, 4) is 0 Å². The summed E-state index contributed by atoms with van der Waals surface area (Å²) in [4.78, 5) is 21.7. The third kappa shape index (κ3) is 5.07. The highest BCUT2D eigenvalue weighted by atomic mass is 35.5. The summed E-state index contributed by atoms with van der Waals surface area (Å²) in [5, 5.41) is 17.6. The van der Waals surface area contributed by atoms with Crippen LogP contribution in [0.3, 0.4) is 0 Å². The minimum atomic E-state index is -4.34. The van der Waals surface area contributed by atoms with Gasteiger partial charge in [-0.05, 0) is 24.5 Å². The molecule has 0 aliphatic carbocycles. The van der Waals surface area contributed by atoms with Crippen LogP contribution in [0.4, 0.5) is 0 Å². The zero-order chi connectivity index (χ0) is 17.9. The Morgan fingerprint density at radius 3 is 2.17 bits per heavy atom. The lowest BCUT2D eigenvalue weighted by molar-refractivity contribution is -0.139. The molecule has 3 N–H and O–H groups in total. The van der Waals surface area contributed by atoms with Crippen molar-refractivity contribution in [1.82, 2.24) is 4.72 Å². The van der Waals surface area contributed by atoms with Gasteiger partial charge in [-0.3, -0.25) is 4.79 Å². The fraction of sp³-hybridized carbons (Fsp3) is 0.385. The Morgan fingerprint density at radius 1 is 1.17 bits per heavy atom. The zero-order valence-electron chi connectivity index (χ0n) is 12.2. The molecule has 1 atom stereocenters. The van der Waals surface area contributed by atoms with E-state index in [0.29, 0.717) is 0 Å². The van der Waals surface area contributed by atoms with Crippen molar-refractivity contribution in [2.45, 2.75) is 31.2 Å². The number of hydrogen-bond donors (Lipinski definition) is 3. The largest absolute Gasteiger partial charge is 0.480 e. The first-order chi connectivity index (χ1) is 10.5. The van der Waals surface area contributed by atoms with E-state index in [1.54, 1.807) is 13.8 Å². The molecular formula is C13H15Cl2NO6S. The maximum absolute atomic E-state index is 12.3. The molecule has 0 bridgehead atoms. The van der Waals surface area contributed by atoms with E-state index in [4.69, 9.17) is 33.4 Å². The standard InChI is InChI=1S/C13H15Cl2NO6S/c1-6(2)3-10(13(19)20)16-23(21,22)11-4-7(12(17)18)8(14)5-9(11)15/h4-6,10,16H,3H2,1-2H3,(H,17,18)(H,19,20). The molecule has 0 saturated heterocycles. The first kappa shape index (κ1) is 19.7. The first-order valence-corrected chi connectivity index (χ1v) is 8.67. The summed E-state index contributed by atoms with van der Waals surface area (Å²) < 4.78 is 26.7. The highest BCUT2D eigenvalue weighted by molar-refractivity contribution is 7.89. The summed E-state index contributed by atoms with van der Waals surface area (Å²) in [5.74, 6) is -2.85. The average molecular weight is 384 g/mol. The second-order valence-electron chi connectivity index (χ2n) is 5.21. The second-order valence-corrected chi connectivity index (χ2v) is 7.71. The summed E-state index contributed by atoms with van der Waals surface area (Å²) in [6.07, 6.45) is 0.0611. The van der Waals surface area contributed by atoms with Gasteiger partial charge in [-0.1, -0.05) is 37.0 Å². The molecule has 23 heavy (non-hydrogen) atoms. The molecule has 0 saturated carbocycles. The molecule has 0 aliphatic rings. The van der Waals surface area contributed by atoms with Gasteiger partial charge in [-0.25, -0.2) is 13.2 Å². The number of benzene rings is 1. The molecule has 0 heterocycles. The zero-order valence-corrected chi connectivity index (χ0v) is 14.5. The Morgan fingerprint density at radius 2 is 1.74 bits per heavy atom.